The van der Waals surface area contributed by atoms with E-state index in [9.17, 15) is 18.0 Å². The lowest BCUT2D eigenvalue weighted by Gasteiger charge is -2.36. The Labute approximate surface area is 104 Å². The van der Waals surface area contributed by atoms with Gasteiger partial charge in [0.2, 0.25) is 0 Å². The zero-order valence-electron chi connectivity index (χ0n) is 10.6. The molecule has 0 aromatic rings. The molecule has 104 valence electrons. The summed E-state index contributed by atoms with van der Waals surface area (Å²) in [6.45, 7) is 7.60. The van der Waals surface area contributed by atoms with E-state index in [0.29, 0.717) is 0 Å². The van der Waals surface area contributed by atoms with Crippen molar-refractivity contribution in [2.45, 2.75) is 38.5 Å². The third-order valence-corrected chi connectivity index (χ3v) is 3.27. The Kier molecular flexibility index (Phi) is 4.42. The van der Waals surface area contributed by atoms with Gasteiger partial charge < -0.3 is 10.1 Å². The summed E-state index contributed by atoms with van der Waals surface area (Å²) in [6, 6.07) is 0. The Hall–Kier alpha value is -1.04. The Morgan fingerprint density at radius 3 is 2.22 bits per heavy atom. The van der Waals surface area contributed by atoms with Crippen LogP contribution in [0.5, 0.6) is 0 Å². The van der Waals surface area contributed by atoms with E-state index in [0.717, 1.165) is 25.9 Å². The Balaban J connectivity index is 2.64. The van der Waals surface area contributed by atoms with E-state index in [4.69, 9.17) is 4.74 Å². The number of ether oxygens (including phenoxy) is 1. The fraction of sp³-hybridized carbons (Fsp3) is 0.750. The van der Waals surface area contributed by atoms with Crippen LogP contribution in [0.2, 0.25) is 0 Å². The number of hydrogen-bond acceptors (Lipinski definition) is 3. The van der Waals surface area contributed by atoms with Gasteiger partial charge in [-0.3, -0.25) is 0 Å². The molecular formula is C12H18F3NO2. The second-order valence-electron chi connectivity index (χ2n) is 4.99. The monoisotopic (exact) mass is 265 g/mol. The van der Waals surface area contributed by atoms with Crippen LogP contribution in [0.4, 0.5) is 13.2 Å². The van der Waals surface area contributed by atoms with Gasteiger partial charge in [-0.2, -0.15) is 13.2 Å². The first-order valence-electron chi connectivity index (χ1n) is 5.85. The zero-order chi connectivity index (χ0) is 14.0. The molecule has 1 saturated heterocycles. The second kappa shape index (κ2) is 5.30. The summed E-state index contributed by atoms with van der Waals surface area (Å²) in [5.74, 6) is -1.32. The molecule has 0 atom stereocenters. The lowest BCUT2D eigenvalue weighted by atomic mass is 9.83. The van der Waals surface area contributed by atoms with E-state index in [-0.39, 0.29) is 5.92 Å². The predicted molar refractivity (Wildman–Crippen MR) is 61.0 cm³/mol. The van der Waals surface area contributed by atoms with Crippen LogP contribution >= 0.6 is 0 Å². The summed E-state index contributed by atoms with van der Waals surface area (Å²) < 4.78 is 41.9. The van der Waals surface area contributed by atoms with Gasteiger partial charge in [0.25, 0.3) is 0 Å². The molecule has 0 amide bonds. The summed E-state index contributed by atoms with van der Waals surface area (Å²) in [5.41, 5.74) is -2.36. The van der Waals surface area contributed by atoms with E-state index >= 15 is 0 Å². The van der Waals surface area contributed by atoms with Crippen molar-refractivity contribution in [2.75, 3.05) is 13.1 Å². The number of carbonyl (C=O) groups is 1. The summed E-state index contributed by atoms with van der Waals surface area (Å²) in [6.07, 6.45) is -3.18. The van der Waals surface area contributed by atoms with Gasteiger partial charge in [-0.15, -0.1) is 0 Å². The number of rotatable bonds is 3. The minimum Gasteiger partial charge on any atom is -0.456 e. The van der Waals surface area contributed by atoms with E-state index in [1.54, 1.807) is 13.8 Å². The molecule has 3 nitrogen and oxygen atoms in total. The molecule has 0 aromatic heterocycles. The molecule has 0 spiro atoms. The maximum Gasteiger partial charge on any atom is 0.422 e. The molecule has 1 N–H and O–H groups in total. The van der Waals surface area contributed by atoms with Crippen molar-refractivity contribution in [3.63, 3.8) is 0 Å². The fourth-order valence-electron chi connectivity index (χ4n) is 2.02. The average molecular weight is 265 g/mol. The number of hydrogen-bond donors (Lipinski definition) is 1. The number of nitrogens with one attached hydrogen (secondary N) is 1. The second-order valence-corrected chi connectivity index (χ2v) is 4.99. The highest BCUT2D eigenvalue weighted by atomic mass is 19.4. The highest BCUT2D eigenvalue weighted by molar-refractivity contribution is 5.89. The number of carbonyl (C=O) groups excluding carboxylic acids is 1. The first kappa shape index (κ1) is 15.0. The molecule has 0 aliphatic carbocycles. The number of halogens is 3. The molecule has 0 unspecified atom stereocenters. The normalized spacial score (nSPS) is 18.5. The lowest BCUT2D eigenvalue weighted by Crippen LogP contribution is -2.43. The van der Waals surface area contributed by atoms with E-state index < -0.39 is 23.3 Å². The van der Waals surface area contributed by atoms with Crippen LogP contribution in [0.1, 0.15) is 26.7 Å². The standard InChI is InChI=1S/C12H18F3NO2/c1-8(12(13,14)15)10(17)18-11(2,3)9-4-6-16-7-5-9/h9,16H,1,4-7H2,2-3H3. The smallest absolute Gasteiger partial charge is 0.422 e. The maximum atomic E-state index is 12.3. The van der Waals surface area contributed by atoms with E-state index in [1.165, 1.54) is 0 Å². The molecule has 0 radical (unpaired) electrons. The van der Waals surface area contributed by atoms with Crippen molar-refractivity contribution >= 4 is 5.97 Å². The number of piperidine rings is 1. The van der Waals surface area contributed by atoms with Gasteiger partial charge in [0.05, 0.1) is 0 Å². The number of alkyl halides is 3. The molecule has 18 heavy (non-hydrogen) atoms. The van der Waals surface area contributed by atoms with Crippen LogP contribution in [-0.4, -0.2) is 30.8 Å². The molecule has 6 heteroatoms. The molecule has 0 bridgehead atoms. The van der Waals surface area contributed by atoms with Crippen LogP contribution in [0, 0.1) is 5.92 Å². The van der Waals surface area contributed by atoms with Crippen molar-refractivity contribution < 1.29 is 22.7 Å². The van der Waals surface area contributed by atoms with Gasteiger partial charge in [-0.1, -0.05) is 6.58 Å². The maximum absolute atomic E-state index is 12.3. The molecular weight excluding hydrogens is 247 g/mol. The van der Waals surface area contributed by atoms with Crippen LogP contribution in [0.25, 0.3) is 0 Å². The van der Waals surface area contributed by atoms with E-state index in [1.807, 2.05) is 0 Å². The summed E-state index contributed by atoms with van der Waals surface area (Å²) in [7, 11) is 0. The molecule has 1 fully saturated rings. The van der Waals surface area contributed by atoms with Gasteiger partial charge in [-0.05, 0) is 39.8 Å². The van der Waals surface area contributed by atoms with Gasteiger partial charge in [-0.25, -0.2) is 4.79 Å². The minimum absolute atomic E-state index is 0.0590. The lowest BCUT2D eigenvalue weighted by molar-refractivity contribution is -0.167. The van der Waals surface area contributed by atoms with Crippen molar-refractivity contribution in [1.82, 2.24) is 5.32 Å². The van der Waals surface area contributed by atoms with Crippen LogP contribution in [0.15, 0.2) is 12.2 Å². The zero-order valence-corrected chi connectivity index (χ0v) is 10.6. The molecule has 1 aliphatic rings. The van der Waals surface area contributed by atoms with Gasteiger partial charge >= 0.3 is 12.1 Å². The summed E-state index contributed by atoms with van der Waals surface area (Å²) >= 11 is 0. The molecule has 1 rings (SSSR count). The summed E-state index contributed by atoms with van der Waals surface area (Å²) in [5, 5.41) is 3.15. The quantitative estimate of drug-likeness (QED) is 0.629. The highest BCUT2D eigenvalue weighted by Crippen LogP contribution is 2.32. The summed E-state index contributed by atoms with van der Waals surface area (Å²) in [4.78, 5) is 11.4. The van der Waals surface area contributed by atoms with Crippen molar-refractivity contribution in [3.8, 4) is 0 Å². The Morgan fingerprint density at radius 2 is 1.78 bits per heavy atom. The molecule has 1 aliphatic heterocycles. The minimum atomic E-state index is -4.73. The first-order valence-corrected chi connectivity index (χ1v) is 5.85. The molecule has 0 aromatic carbocycles. The van der Waals surface area contributed by atoms with Gasteiger partial charge in [0.1, 0.15) is 11.2 Å². The SMILES string of the molecule is C=C(C(=O)OC(C)(C)C1CCNCC1)C(F)(F)F. The molecule has 0 saturated carbocycles. The van der Waals surface area contributed by atoms with Crippen LogP contribution < -0.4 is 5.32 Å². The number of esters is 1. The van der Waals surface area contributed by atoms with Gasteiger partial charge in [0.15, 0.2) is 0 Å². The van der Waals surface area contributed by atoms with Gasteiger partial charge in [0, 0.05) is 5.92 Å². The Morgan fingerprint density at radius 1 is 1.28 bits per heavy atom. The van der Waals surface area contributed by atoms with Crippen LogP contribution in [0.3, 0.4) is 0 Å². The first-order chi connectivity index (χ1) is 8.14. The predicted octanol–water partition coefficient (Wildman–Crippen LogP) is 2.43. The largest absolute Gasteiger partial charge is 0.456 e. The van der Waals surface area contributed by atoms with E-state index in [2.05, 4.69) is 11.9 Å². The topological polar surface area (TPSA) is 38.3 Å². The van der Waals surface area contributed by atoms with Crippen molar-refractivity contribution in [1.29, 1.82) is 0 Å². The third kappa shape index (κ3) is 3.73. The average Bonchev–Trinajstić information content (AvgIpc) is 2.27. The van der Waals surface area contributed by atoms with Crippen molar-refractivity contribution in [3.05, 3.63) is 12.2 Å². The Bertz CT molecular complexity index is 331. The molecule has 1 heterocycles. The van der Waals surface area contributed by atoms with Crippen LogP contribution in [-0.2, 0) is 9.53 Å². The third-order valence-electron chi connectivity index (χ3n) is 3.27. The van der Waals surface area contributed by atoms with Crippen molar-refractivity contribution in [2.24, 2.45) is 5.92 Å². The fourth-order valence-corrected chi connectivity index (χ4v) is 2.02. The highest BCUT2D eigenvalue weighted by Gasteiger charge is 2.41.